The van der Waals surface area contributed by atoms with Crippen LogP contribution in [0, 0.1) is 17.1 Å². The van der Waals surface area contributed by atoms with Gasteiger partial charge in [-0.25, -0.2) is 13.6 Å². The van der Waals surface area contributed by atoms with E-state index in [2.05, 4.69) is 14.7 Å². The molecule has 1 aliphatic heterocycles. The van der Waals surface area contributed by atoms with E-state index in [0.29, 0.717) is 26.0 Å². The van der Waals surface area contributed by atoms with Gasteiger partial charge in [0.15, 0.2) is 0 Å². The van der Waals surface area contributed by atoms with Crippen LogP contribution in [0.5, 0.6) is 0 Å². The van der Waals surface area contributed by atoms with Crippen LogP contribution in [0.3, 0.4) is 0 Å². The maximum Gasteiger partial charge on any atom is 0.235 e. The summed E-state index contributed by atoms with van der Waals surface area (Å²) in [7, 11) is -2.90. The molecular weight excluding hydrogens is 427 g/mol. The van der Waals surface area contributed by atoms with Crippen molar-refractivity contribution in [3.05, 3.63) is 39.8 Å². The highest BCUT2D eigenvalue weighted by Crippen LogP contribution is 2.41. The molecule has 3 unspecified atom stereocenters. The number of benzene rings is 1. The van der Waals surface area contributed by atoms with Crippen LogP contribution in [0.15, 0.2) is 20.8 Å². The Hall–Kier alpha value is -2.06. The first-order chi connectivity index (χ1) is 13.8. The number of halogens is 1. The van der Waals surface area contributed by atoms with Crippen LogP contribution in [0.2, 0.25) is 0 Å². The third kappa shape index (κ3) is 4.21. The number of thiazole rings is 1. The predicted octanol–water partition coefficient (Wildman–Crippen LogP) is 4.45. The van der Waals surface area contributed by atoms with Crippen molar-refractivity contribution in [1.29, 1.82) is 5.26 Å². The van der Waals surface area contributed by atoms with Gasteiger partial charge in [0.25, 0.3) is 0 Å². The van der Waals surface area contributed by atoms with Gasteiger partial charge in [0.05, 0.1) is 27.6 Å². The van der Waals surface area contributed by atoms with E-state index in [0.717, 1.165) is 11.3 Å². The first kappa shape index (κ1) is 22.6. The molecule has 0 spiro atoms. The summed E-state index contributed by atoms with van der Waals surface area (Å²) in [5.74, 6) is -0.756. The van der Waals surface area contributed by atoms with Crippen LogP contribution in [0.4, 0.5) is 10.1 Å². The van der Waals surface area contributed by atoms with E-state index in [1.165, 1.54) is 18.5 Å². The number of aliphatic hydroxyl groups is 1. The van der Waals surface area contributed by atoms with Gasteiger partial charge in [0.1, 0.15) is 26.7 Å². The van der Waals surface area contributed by atoms with Crippen LogP contribution in [0.25, 0.3) is 0 Å². The largest absolute Gasteiger partial charge is 0.383 e. The molecule has 1 aromatic carbocycles. The van der Waals surface area contributed by atoms with Crippen molar-refractivity contribution >= 4 is 26.8 Å². The highest BCUT2D eigenvalue weighted by Gasteiger charge is 2.31. The van der Waals surface area contributed by atoms with Crippen LogP contribution in [-0.2, 0) is 20.1 Å². The molecule has 0 amide bonds. The zero-order chi connectivity index (χ0) is 22.4. The van der Waals surface area contributed by atoms with E-state index >= 15 is 0 Å². The molecule has 7 nitrogen and oxygen atoms in total. The summed E-state index contributed by atoms with van der Waals surface area (Å²) < 4.78 is 38.8. The molecule has 3 atom stereocenters. The van der Waals surface area contributed by atoms with Crippen LogP contribution < -0.4 is 5.32 Å². The summed E-state index contributed by atoms with van der Waals surface area (Å²) in [4.78, 5) is 4.15. The number of nitrogens with zero attached hydrogens (tertiary/aromatic N) is 3. The minimum absolute atomic E-state index is 0.0341. The van der Waals surface area contributed by atoms with E-state index < -0.39 is 33.6 Å². The number of aromatic nitrogens is 1. The van der Waals surface area contributed by atoms with Crippen LogP contribution >= 0.6 is 11.3 Å². The maximum absolute atomic E-state index is 14.9. The third-order valence-electron chi connectivity index (χ3n) is 4.75. The summed E-state index contributed by atoms with van der Waals surface area (Å²) in [6.07, 6.45) is 1.47. The smallest absolute Gasteiger partial charge is 0.235 e. The summed E-state index contributed by atoms with van der Waals surface area (Å²) >= 11 is 1.13. The van der Waals surface area contributed by atoms with Crippen LogP contribution in [-0.4, -0.2) is 26.9 Å². The zero-order valence-electron chi connectivity index (χ0n) is 17.7. The van der Waals surface area contributed by atoms with Gasteiger partial charge in [-0.05, 0) is 32.8 Å². The third-order valence-corrected chi connectivity index (χ3v) is 8.47. The molecule has 3 rings (SSSR count). The second kappa shape index (κ2) is 7.89. The monoisotopic (exact) mass is 452 g/mol. The molecule has 1 aromatic heterocycles. The summed E-state index contributed by atoms with van der Waals surface area (Å²) in [6, 6.07) is 3.37. The number of hydrogen-bond donors (Lipinski definition) is 2. The fourth-order valence-corrected chi connectivity index (χ4v) is 5.69. The Bertz CT molecular complexity index is 1140. The highest BCUT2D eigenvalue weighted by molar-refractivity contribution is 7.94. The number of anilines is 1. The lowest BCUT2D eigenvalue weighted by atomic mass is 9.91. The number of hydrogen-bond acceptors (Lipinski definition) is 8. The Kier molecular flexibility index (Phi) is 5.95. The summed E-state index contributed by atoms with van der Waals surface area (Å²) in [5.41, 5.74) is 0.379. The molecule has 2 aromatic rings. The van der Waals surface area contributed by atoms with Crippen molar-refractivity contribution in [2.24, 2.45) is 4.36 Å². The molecule has 2 heterocycles. The zero-order valence-corrected chi connectivity index (χ0v) is 19.3. The molecular formula is C20H25FN4O3S2. The Morgan fingerprint density at radius 3 is 2.70 bits per heavy atom. The van der Waals surface area contributed by atoms with Gasteiger partial charge in [0, 0.05) is 23.1 Å². The van der Waals surface area contributed by atoms with Gasteiger partial charge in [-0.2, -0.15) is 9.62 Å². The minimum Gasteiger partial charge on any atom is -0.383 e. The molecule has 0 radical (unpaired) electrons. The Morgan fingerprint density at radius 2 is 2.17 bits per heavy atom. The average Bonchev–Trinajstić information content (AvgIpc) is 3.12. The molecule has 30 heavy (non-hydrogen) atoms. The van der Waals surface area contributed by atoms with E-state index in [-0.39, 0.29) is 11.5 Å². The molecule has 0 saturated carbocycles. The quantitative estimate of drug-likeness (QED) is 0.710. The topological polar surface area (TPSA) is 108 Å². The number of rotatable bonds is 4. The van der Waals surface area contributed by atoms with Crippen molar-refractivity contribution in [3.8, 4) is 6.07 Å². The molecule has 0 saturated heterocycles. The molecule has 2 N–H and O–H groups in total. The number of nitrogens with one attached hydrogen (secondary N) is 1. The predicted molar refractivity (Wildman–Crippen MR) is 114 cm³/mol. The van der Waals surface area contributed by atoms with Gasteiger partial charge in [-0.1, -0.05) is 13.8 Å². The standard InChI is InChI=1S/C20H25FN4O3S2/c1-10(2)15-16(21)12(8-22)7-13-11(3)28-19(24-17(13)15)25-30(6,27)14-9-23-18(29-14)20(4,5)26/h7,9-11,19,24,26H,1-6H3. The second-order valence-electron chi connectivity index (χ2n) is 8.11. The maximum atomic E-state index is 14.9. The fraction of sp³-hybridized carbons (Fsp3) is 0.500. The second-order valence-corrected chi connectivity index (χ2v) is 11.7. The van der Waals surface area contributed by atoms with Gasteiger partial charge < -0.3 is 15.2 Å². The van der Waals surface area contributed by atoms with Gasteiger partial charge in [-0.3, -0.25) is 0 Å². The van der Waals surface area contributed by atoms with E-state index in [9.17, 15) is 19.0 Å². The van der Waals surface area contributed by atoms with Crippen molar-refractivity contribution in [1.82, 2.24) is 4.98 Å². The average molecular weight is 453 g/mol. The molecule has 0 fully saturated rings. The van der Waals surface area contributed by atoms with Crippen molar-refractivity contribution in [2.75, 3.05) is 11.6 Å². The van der Waals surface area contributed by atoms with Gasteiger partial charge >= 0.3 is 0 Å². The number of fused-ring (bicyclic) bond motifs is 1. The Labute approximate surface area is 180 Å². The minimum atomic E-state index is -2.90. The number of nitriles is 1. The molecule has 0 bridgehead atoms. The lowest BCUT2D eigenvalue weighted by molar-refractivity contribution is 0.0106. The molecule has 10 heteroatoms. The van der Waals surface area contributed by atoms with Gasteiger partial charge in [-0.15, -0.1) is 11.3 Å². The Morgan fingerprint density at radius 1 is 1.50 bits per heavy atom. The van der Waals surface area contributed by atoms with Crippen LogP contribution in [0.1, 0.15) is 68.3 Å². The number of ether oxygens (including phenoxy) is 1. The normalized spacial score (nSPS) is 20.8. The first-order valence-corrected chi connectivity index (χ1v) is 12.2. The Balaban J connectivity index is 2.04. The van der Waals surface area contributed by atoms with E-state index in [4.69, 9.17) is 4.74 Å². The summed E-state index contributed by atoms with van der Waals surface area (Å²) in [6.45, 7) is 8.67. The highest BCUT2D eigenvalue weighted by atomic mass is 32.2. The van der Waals surface area contributed by atoms with E-state index in [1.54, 1.807) is 20.8 Å². The molecule has 162 valence electrons. The summed E-state index contributed by atoms with van der Waals surface area (Å²) in [5, 5.41) is 22.9. The first-order valence-electron chi connectivity index (χ1n) is 9.43. The SMILES string of the molecule is CC(C)c1c(F)c(C#N)cc2c1NC(N=S(C)(=O)c1cnc(C(C)(C)O)s1)OC2C. The van der Waals surface area contributed by atoms with Gasteiger partial charge in [0.2, 0.25) is 6.35 Å². The lowest BCUT2D eigenvalue weighted by Crippen LogP contribution is -2.31. The van der Waals surface area contributed by atoms with Crippen molar-refractivity contribution in [2.45, 2.75) is 62.8 Å². The van der Waals surface area contributed by atoms with Crippen molar-refractivity contribution in [3.63, 3.8) is 0 Å². The molecule has 1 aliphatic rings. The van der Waals surface area contributed by atoms with Crippen molar-refractivity contribution < 1.29 is 18.4 Å². The van der Waals surface area contributed by atoms with E-state index in [1.807, 2.05) is 19.9 Å². The lowest BCUT2D eigenvalue weighted by Gasteiger charge is -2.32. The molecule has 0 aliphatic carbocycles. The fourth-order valence-electron chi connectivity index (χ4n) is 3.23.